The minimum absolute atomic E-state index is 0.386. The lowest BCUT2D eigenvalue weighted by Gasteiger charge is -2.10. The van der Waals surface area contributed by atoms with Gasteiger partial charge < -0.3 is 0 Å². The van der Waals surface area contributed by atoms with Crippen molar-refractivity contribution in [2.75, 3.05) is 0 Å². The lowest BCUT2D eigenvalue weighted by molar-refractivity contribution is 0.797. The molecule has 4 heteroatoms. The first-order valence-electron chi connectivity index (χ1n) is 4.22. The summed E-state index contributed by atoms with van der Waals surface area (Å²) < 4.78 is 0. The fourth-order valence-corrected chi connectivity index (χ4v) is 1.27. The molecule has 4 nitrogen and oxygen atoms in total. The van der Waals surface area contributed by atoms with Crippen LogP contribution in [-0.4, -0.2) is 22.5 Å². The molecule has 13 heavy (non-hydrogen) atoms. The molecule has 0 N–H and O–H groups in total. The summed E-state index contributed by atoms with van der Waals surface area (Å²) in [4.78, 5) is 16.2. The molecule has 0 amide bonds. The van der Waals surface area contributed by atoms with Crippen molar-refractivity contribution in [2.45, 2.75) is 19.3 Å². The Kier molecular flexibility index (Phi) is 2.12. The first kappa shape index (κ1) is 8.04. The highest BCUT2D eigenvalue weighted by Gasteiger charge is 2.11. The van der Waals surface area contributed by atoms with Crippen LogP contribution in [0.3, 0.4) is 0 Å². The molecule has 1 aromatic rings. The van der Waals surface area contributed by atoms with Gasteiger partial charge in [0.25, 0.3) is 0 Å². The topological polar surface area (TPSA) is 50.5 Å². The highest BCUT2D eigenvalue weighted by molar-refractivity contribution is 5.75. The van der Waals surface area contributed by atoms with Gasteiger partial charge in [-0.25, -0.2) is 20.0 Å². The van der Waals surface area contributed by atoms with Crippen molar-refractivity contribution in [2.24, 2.45) is 9.98 Å². The van der Waals surface area contributed by atoms with E-state index in [0.717, 1.165) is 17.8 Å². The van der Waals surface area contributed by atoms with Crippen molar-refractivity contribution >= 4 is 18.4 Å². The molecule has 1 aliphatic heterocycles. The standard InChI is InChI=1S/C9H10N4/c1-7-2-3-10-5-12-9-8(7)4-11-6-13-9/h3-7H,2H2,1H3/b10-3+,12-5-. The Morgan fingerprint density at radius 2 is 2.38 bits per heavy atom. The van der Waals surface area contributed by atoms with E-state index in [-0.39, 0.29) is 0 Å². The summed E-state index contributed by atoms with van der Waals surface area (Å²) in [5.41, 5.74) is 1.09. The smallest absolute Gasteiger partial charge is 0.160 e. The van der Waals surface area contributed by atoms with Crippen LogP contribution in [0.5, 0.6) is 0 Å². The van der Waals surface area contributed by atoms with E-state index in [1.807, 2.05) is 12.4 Å². The monoisotopic (exact) mass is 174 g/mol. The molecule has 0 spiro atoms. The Bertz CT molecular complexity index is 356. The third kappa shape index (κ3) is 1.61. The molecule has 2 heterocycles. The zero-order valence-corrected chi connectivity index (χ0v) is 7.38. The quantitative estimate of drug-likeness (QED) is 0.601. The predicted octanol–water partition coefficient (Wildman–Crippen LogP) is 1.71. The van der Waals surface area contributed by atoms with E-state index in [9.17, 15) is 0 Å². The molecule has 2 rings (SSSR count). The molecule has 1 atom stereocenters. The minimum Gasteiger partial charge on any atom is -0.249 e. The SMILES string of the molecule is CC1C/C=N/C=N\c2ncncc21. The largest absolute Gasteiger partial charge is 0.249 e. The first-order chi connectivity index (χ1) is 6.38. The molecule has 0 saturated carbocycles. The van der Waals surface area contributed by atoms with E-state index in [2.05, 4.69) is 26.9 Å². The summed E-state index contributed by atoms with van der Waals surface area (Å²) in [5, 5.41) is 0. The summed E-state index contributed by atoms with van der Waals surface area (Å²) in [5.74, 6) is 1.12. The minimum atomic E-state index is 0.386. The average Bonchev–Trinajstić information content (AvgIpc) is 2.14. The van der Waals surface area contributed by atoms with Crippen molar-refractivity contribution in [3.8, 4) is 0 Å². The van der Waals surface area contributed by atoms with Gasteiger partial charge in [0.05, 0.1) is 0 Å². The number of fused-ring (bicyclic) bond motifs is 1. The van der Waals surface area contributed by atoms with Gasteiger partial charge >= 0.3 is 0 Å². The van der Waals surface area contributed by atoms with Gasteiger partial charge in [-0.05, 0) is 12.3 Å². The summed E-state index contributed by atoms with van der Waals surface area (Å²) in [7, 11) is 0. The number of aromatic nitrogens is 2. The Morgan fingerprint density at radius 3 is 3.31 bits per heavy atom. The van der Waals surface area contributed by atoms with Crippen molar-refractivity contribution in [1.29, 1.82) is 0 Å². The second kappa shape index (κ2) is 3.43. The van der Waals surface area contributed by atoms with Gasteiger partial charge in [0, 0.05) is 18.0 Å². The third-order valence-electron chi connectivity index (χ3n) is 2.06. The first-order valence-corrected chi connectivity index (χ1v) is 4.22. The van der Waals surface area contributed by atoms with Gasteiger partial charge in [-0.15, -0.1) is 0 Å². The number of hydrogen-bond donors (Lipinski definition) is 0. The van der Waals surface area contributed by atoms with E-state index in [0.29, 0.717) is 5.92 Å². The van der Waals surface area contributed by atoms with Crippen LogP contribution in [0.2, 0.25) is 0 Å². The molecule has 0 bridgehead atoms. The second-order valence-corrected chi connectivity index (χ2v) is 3.01. The zero-order chi connectivity index (χ0) is 9.10. The van der Waals surface area contributed by atoms with Crippen LogP contribution in [0.1, 0.15) is 24.8 Å². The number of nitrogens with zero attached hydrogens (tertiary/aromatic N) is 4. The van der Waals surface area contributed by atoms with E-state index < -0.39 is 0 Å². The average molecular weight is 174 g/mol. The van der Waals surface area contributed by atoms with Gasteiger partial charge in [0.15, 0.2) is 5.82 Å². The molecule has 66 valence electrons. The fourth-order valence-electron chi connectivity index (χ4n) is 1.27. The maximum atomic E-state index is 4.12. The molecule has 1 aliphatic rings. The summed E-state index contributed by atoms with van der Waals surface area (Å²) >= 11 is 0. The van der Waals surface area contributed by atoms with E-state index >= 15 is 0 Å². The van der Waals surface area contributed by atoms with E-state index in [1.165, 1.54) is 12.7 Å². The lowest BCUT2D eigenvalue weighted by Crippen LogP contribution is -1.99. The van der Waals surface area contributed by atoms with Crippen molar-refractivity contribution < 1.29 is 0 Å². The van der Waals surface area contributed by atoms with Gasteiger partial charge in [-0.3, -0.25) is 0 Å². The van der Waals surface area contributed by atoms with Gasteiger partial charge in [0.2, 0.25) is 0 Å². The highest BCUT2D eigenvalue weighted by Crippen LogP contribution is 2.25. The van der Waals surface area contributed by atoms with Gasteiger partial charge in [0.1, 0.15) is 12.7 Å². The Labute approximate surface area is 76.5 Å². The Hall–Kier alpha value is -1.58. The second-order valence-electron chi connectivity index (χ2n) is 3.01. The number of rotatable bonds is 0. The van der Waals surface area contributed by atoms with Crippen LogP contribution in [0, 0.1) is 0 Å². The van der Waals surface area contributed by atoms with Crippen LogP contribution in [0.4, 0.5) is 5.82 Å². The summed E-state index contributed by atoms with van der Waals surface area (Å²) in [6.07, 6.45) is 7.63. The van der Waals surface area contributed by atoms with E-state index in [1.54, 1.807) is 0 Å². The fraction of sp³-hybridized carbons (Fsp3) is 0.333. The van der Waals surface area contributed by atoms with Crippen molar-refractivity contribution in [1.82, 2.24) is 9.97 Å². The molecule has 0 aliphatic carbocycles. The summed E-state index contributed by atoms with van der Waals surface area (Å²) in [6, 6.07) is 0. The van der Waals surface area contributed by atoms with Crippen LogP contribution < -0.4 is 0 Å². The number of aliphatic imine (C=N–C) groups is 2. The van der Waals surface area contributed by atoms with Crippen molar-refractivity contribution in [3.05, 3.63) is 18.1 Å². The normalized spacial score (nSPS) is 25.5. The molecule has 0 radical (unpaired) electrons. The zero-order valence-electron chi connectivity index (χ0n) is 7.38. The number of hydrogen-bond acceptors (Lipinski definition) is 4. The molecule has 1 unspecified atom stereocenters. The lowest BCUT2D eigenvalue weighted by atomic mass is 10.0. The third-order valence-corrected chi connectivity index (χ3v) is 2.06. The molecular formula is C9H10N4. The Balaban J connectivity index is 2.49. The molecule has 1 aromatic heterocycles. The van der Waals surface area contributed by atoms with Crippen LogP contribution in [0.15, 0.2) is 22.5 Å². The molecule has 0 saturated heterocycles. The molecule has 0 fully saturated rings. The van der Waals surface area contributed by atoms with Gasteiger partial charge in [-0.2, -0.15) is 0 Å². The maximum absolute atomic E-state index is 4.12. The predicted molar refractivity (Wildman–Crippen MR) is 51.7 cm³/mol. The van der Waals surface area contributed by atoms with Crippen LogP contribution >= 0.6 is 0 Å². The molecular weight excluding hydrogens is 164 g/mol. The highest BCUT2D eigenvalue weighted by atomic mass is 15.0. The Morgan fingerprint density at radius 1 is 1.46 bits per heavy atom. The van der Waals surface area contributed by atoms with Crippen LogP contribution in [-0.2, 0) is 0 Å². The maximum Gasteiger partial charge on any atom is 0.160 e. The van der Waals surface area contributed by atoms with Gasteiger partial charge in [-0.1, -0.05) is 6.92 Å². The summed E-state index contributed by atoms with van der Waals surface area (Å²) in [6.45, 7) is 2.12. The van der Waals surface area contributed by atoms with Crippen molar-refractivity contribution in [3.63, 3.8) is 0 Å². The van der Waals surface area contributed by atoms with E-state index in [4.69, 9.17) is 0 Å². The van der Waals surface area contributed by atoms with Crippen LogP contribution in [0.25, 0.3) is 0 Å². The molecule has 0 aromatic carbocycles.